The lowest BCUT2D eigenvalue weighted by Crippen LogP contribution is -2.47. The fourth-order valence-electron chi connectivity index (χ4n) is 5.60. The van der Waals surface area contributed by atoms with Gasteiger partial charge in [-0.2, -0.15) is 0 Å². The van der Waals surface area contributed by atoms with Crippen molar-refractivity contribution in [3.63, 3.8) is 0 Å². The quantitative estimate of drug-likeness (QED) is 0.169. The van der Waals surface area contributed by atoms with Gasteiger partial charge in [-0.3, -0.25) is 9.69 Å². The van der Waals surface area contributed by atoms with Crippen molar-refractivity contribution in [2.45, 2.75) is 32.9 Å². The van der Waals surface area contributed by atoms with Crippen LogP contribution in [0.5, 0.6) is 17.2 Å². The molecule has 3 aromatic carbocycles. The highest BCUT2D eigenvalue weighted by molar-refractivity contribution is 7.22. The van der Waals surface area contributed by atoms with Crippen molar-refractivity contribution < 1.29 is 24.1 Å². The van der Waals surface area contributed by atoms with E-state index in [1.54, 1.807) is 25.6 Å². The summed E-state index contributed by atoms with van der Waals surface area (Å²) in [6.45, 7) is 6.63. The third-order valence-corrected chi connectivity index (χ3v) is 8.86. The zero-order chi connectivity index (χ0) is 28.2. The first-order valence-corrected chi connectivity index (χ1v) is 14.6. The predicted molar refractivity (Wildman–Crippen MR) is 161 cm³/mol. The molecule has 0 bridgehead atoms. The predicted octanol–water partition coefficient (Wildman–Crippen LogP) is 6.88. The van der Waals surface area contributed by atoms with Crippen LogP contribution >= 0.6 is 11.3 Å². The van der Waals surface area contributed by atoms with Crippen molar-refractivity contribution in [1.82, 2.24) is 4.90 Å². The number of hydrogen-bond acceptors (Lipinski definition) is 7. The Morgan fingerprint density at radius 3 is 2.33 bits per heavy atom. The molecule has 1 fully saturated rings. The van der Waals surface area contributed by atoms with E-state index in [1.165, 1.54) is 0 Å². The molecule has 1 aromatic heterocycles. The van der Waals surface area contributed by atoms with E-state index in [9.17, 15) is 9.90 Å². The summed E-state index contributed by atoms with van der Waals surface area (Å²) >= 11 is 1.58. The molecule has 3 atom stereocenters. The number of rotatable bonds is 10. The molecule has 210 valence electrons. The topological polar surface area (TPSA) is 68.2 Å². The summed E-state index contributed by atoms with van der Waals surface area (Å²) in [6.07, 6.45) is 1.52. The van der Waals surface area contributed by atoms with Crippen molar-refractivity contribution in [3.8, 4) is 27.7 Å². The Labute approximate surface area is 240 Å². The summed E-state index contributed by atoms with van der Waals surface area (Å²) in [5.41, 5.74) is 2.26. The molecule has 5 rings (SSSR count). The maximum atomic E-state index is 13.9. The lowest BCUT2D eigenvalue weighted by Gasteiger charge is -2.39. The Hall–Kier alpha value is -3.39. The molecule has 3 unspecified atom stereocenters. The molecular weight excluding hydrogens is 522 g/mol. The average molecular weight is 560 g/mol. The average Bonchev–Trinajstić information content (AvgIpc) is 3.36. The molecule has 4 aromatic rings. The number of methoxy groups -OCH3 is 2. The van der Waals surface area contributed by atoms with Gasteiger partial charge in [0.1, 0.15) is 23.5 Å². The minimum absolute atomic E-state index is 0.0314. The number of fused-ring (bicyclic) bond motifs is 1. The molecule has 6 nitrogen and oxygen atoms in total. The fraction of sp³-hybridized carbons (Fsp3) is 0.364. The van der Waals surface area contributed by atoms with E-state index in [4.69, 9.17) is 14.2 Å². The molecule has 1 saturated heterocycles. The van der Waals surface area contributed by atoms with Gasteiger partial charge in [-0.05, 0) is 97.0 Å². The number of ketones is 1. The maximum Gasteiger partial charge on any atom is 0.195 e. The molecule has 0 saturated carbocycles. The minimum Gasteiger partial charge on any atom is -0.497 e. The van der Waals surface area contributed by atoms with Crippen molar-refractivity contribution in [1.29, 1.82) is 0 Å². The molecule has 1 N–H and O–H groups in total. The number of carbonyl (C=O) groups is 1. The van der Waals surface area contributed by atoms with Crippen molar-refractivity contribution in [3.05, 3.63) is 77.9 Å². The van der Waals surface area contributed by atoms with Gasteiger partial charge in [0.05, 0.1) is 20.8 Å². The first-order valence-electron chi connectivity index (χ1n) is 13.8. The molecule has 0 radical (unpaired) electrons. The van der Waals surface area contributed by atoms with Crippen LogP contribution in [0.15, 0.2) is 66.7 Å². The number of benzene rings is 3. The van der Waals surface area contributed by atoms with Gasteiger partial charge in [-0.1, -0.05) is 13.8 Å². The van der Waals surface area contributed by atoms with Crippen LogP contribution in [0, 0.1) is 11.8 Å². The Balaban J connectivity index is 1.31. The zero-order valence-electron chi connectivity index (χ0n) is 23.6. The van der Waals surface area contributed by atoms with Gasteiger partial charge in [0, 0.05) is 39.2 Å². The first-order chi connectivity index (χ1) is 19.4. The summed E-state index contributed by atoms with van der Waals surface area (Å²) in [6, 6.07) is 21.0. The maximum absolute atomic E-state index is 13.9. The molecule has 2 heterocycles. The van der Waals surface area contributed by atoms with Gasteiger partial charge >= 0.3 is 0 Å². The van der Waals surface area contributed by atoms with Crippen molar-refractivity contribution in [2.75, 3.05) is 33.9 Å². The molecule has 1 aliphatic heterocycles. The van der Waals surface area contributed by atoms with Gasteiger partial charge in [-0.15, -0.1) is 11.3 Å². The minimum atomic E-state index is -0.376. The number of hydrogen-bond donors (Lipinski definition) is 1. The smallest absolute Gasteiger partial charge is 0.195 e. The SMILES string of the molecule is COc1ccc(-c2sc3cc(OC)ccc3c2C(=O)c2ccc(OCCCN3CC(C)CC(C)C3O)cc2)cc1. The lowest BCUT2D eigenvalue weighted by atomic mass is 9.90. The molecule has 0 amide bonds. The Kier molecular flexibility index (Phi) is 8.74. The number of likely N-dealkylation sites (tertiary alicyclic amines) is 1. The van der Waals surface area contributed by atoms with Crippen LogP contribution < -0.4 is 14.2 Å². The normalized spacial score (nSPS) is 19.5. The summed E-state index contributed by atoms with van der Waals surface area (Å²) in [4.78, 5) is 17.0. The number of piperidine rings is 1. The molecule has 0 spiro atoms. The Morgan fingerprint density at radius 2 is 1.62 bits per heavy atom. The van der Waals surface area contributed by atoms with Crippen LogP contribution in [0.2, 0.25) is 0 Å². The highest BCUT2D eigenvalue weighted by Gasteiger charge is 2.29. The van der Waals surface area contributed by atoms with E-state index in [0.29, 0.717) is 29.6 Å². The summed E-state index contributed by atoms with van der Waals surface area (Å²) < 4.78 is 17.7. The van der Waals surface area contributed by atoms with Crippen LogP contribution in [-0.2, 0) is 0 Å². The Morgan fingerprint density at radius 1 is 0.950 bits per heavy atom. The number of carbonyl (C=O) groups excluding carboxylic acids is 1. The lowest BCUT2D eigenvalue weighted by molar-refractivity contribution is -0.0761. The van der Waals surface area contributed by atoms with Gasteiger partial charge in [-0.25, -0.2) is 0 Å². The Bertz CT molecular complexity index is 1450. The van der Waals surface area contributed by atoms with E-state index in [-0.39, 0.29) is 12.0 Å². The van der Waals surface area contributed by atoms with E-state index in [1.807, 2.05) is 66.7 Å². The van der Waals surface area contributed by atoms with Crippen molar-refractivity contribution in [2.24, 2.45) is 11.8 Å². The monoisotopic (exact) mass is 559 g/mol. The van der Waals surface area contributed by atoms with Gasteiger partial charge in [0.2, 0.25) is 0 Å². The van der Waals surface area contributed by atoms with Crippen LogP contribution in [0.3, 0.4) is 0 Å². The second kappa shape index (κ2) is 12.4. The highest BCUT2D eigenvalue weighted by Crippen LogP contribution is 2.41. The van der Waals surface area contributed by atoms with E-state index >= 15 is 0 Å². The largest absolute Gasteiger partial charge is 0.497 e. The van der Waals surface area contributed by atoms with Crippen LogP contribution in [-0.4, -0.2) is 55.9 Å². The summed E-state index contributed by atoms with van der Waals surface area (Å²) in [5.74, 6) is 3.11. The summed E-state index contributed by atoms with van der Waals surface area (Å²) in [5, 5.41) is 11.4. The third-order valence-electron chi connectivity index (χ3n) is 7.65. The summed E-state index contributed by atoms with van der Waals surface area (Å²) in [7, 11) is 3.29. The molecule has 1 aliphatic rings. The molecule has 40 heavy (non-hydrogen) atoms. The van der Waals surface area contributed by atoms with E-state index < -0.39 is 0 Å². The fourth-order valence-corrected chi connectivity index (χ4v) is 6.84. The third kappa shape index (κ3) is 6.02. The second-order valence-electron chi connectivity index (χ2n) is 10.7. The molecule has 7 heteroatoms. The first kappa shape index (κ1) is 28.1. The number of nitrogens with zero attached hydrogens (tertiary/aromatic N) is 1. The number of ether oxygens (including phenoxy) is 3. The van der Waals surface area contributed by atoms with Gasteiger partial charge in [0.15, 0.2) is 5.78 Å². The number of thiophene rings is 1. The van der Waals surface area contributed by atoms with E-state index in [2.05, 4.69) is 18.7 Å². The van der Waals surface area contributed by atoms with Crippen LogP contribution in [0.4, 0.5) is 0 Å². The number of aliphatic hydroxyl groups excluding tert-OH is 1. The van der Waals surface area contributed by atoms with Crippen LogP contribution in [0.1, 0.15) is 42.6 Å². The second-order valence-corrected chi connectivity index (χ2v) is 11.7. The highest BCUT2D eigenvalue weighted by atomic mass is 32.1. The van der Waals surface area contributed by atoms with Crippen molar-refractivity contribution >= 4 is 27.2 Å². The number of aliphatic hydroxyl groups is 1. The molecule has 0 aliphatic carbocycles. The van der Waals surface area contributed by atoms with Gasteiger partial charge in [0.25, 0.3) is 0 Å². The van der Waals surface area contributed by atoms with Gasteiger partial charge < -0.3 is 19.3 Å². The standard InChI is InChI=1S/C33H37NO5S/c1-21-18-22(2)33(36)34(20-21)16-5-17-39-26-12-6-23(7-13-26)31(35)30-28-15-14-27(38-4)19-29(28)40-32(30)24-8-10-25(37-3)11-9-24/h6-15,19,21-22,33,36H,5,16-18,20H2,1-4H3. The van der Waals surface area contributed by atoms with Crippen LogP contribution in [0.25, 0.3) is 20.5 Å². The molecular formula is C33H37NO5S. The van der Waals surface area contributed by atoms with E-state index in [0.717, 1.165) is 63.7 Å². The zero-order valence-corrected chi connectivity index (χ0v) is 24.4.